The second-order valence-electron chi connectivity index (χ2n) is 4.30. The molecule has 1 saturated heterocycles. The third kappa shape index (κ3) is 3.66. The van der Waals surface area contributed by atoms with E-state index in [1.54, 1.807) is 0 Å². The maximum Gasteiger partial charge on any atom is 0.469 e. The number of phosphoric ester groups is 1. The van der Waals surface area contributed by atoms with Crippen LogP contribution >= 0.6 is 7.82 Å². The van der Waals surface area contributed by atoms with Gasteiger partial charge in [0.05, 0.1) is 12.2 Å². The quantitative estimate of drug-likeness (QED) is 0.374. The molecule has 5 N–H and O–H groups in total. The third-order valence-corrected chi connectivity index (χ3v) is 3.33. The number of phosphoric acid groups is 1. The van der Waals surface area contributed by atoms with Crippen molar-refractivity contribution in [3.8, 4) is 0 Å². The van der Waals surface area contributed by atoms with E-state index >= 15 is 0 Å². The number of hydrogen-bond donors (Lipinski definition) is 5. The highest BCUT2D eigenvalue weighted by Crippen LogP contribution is 2.38. The Labute approximate surface area is 116 Å². The van der Waals surface area contributed by atoms with E-state index < -0.39 is 50.2 Å². The minimum atomic E-state index is -4.77. The molecule has 2 heterocycles. The summed E-state index contributed by atoms with van der Waals surface area (Å²) >= 11 is 0. The summed E-state index contributed by atoms with van der Waals surface area (Å²) in [6, 6.07) is 0. The first-order valence-corrected chi connectivity index (χ1v) is 7.16. The summed E-state index contributed by atoms with van der Waals surface area (Å²) in [6.45, 7) is -0.701. The molecule has 0 amide bonds. The highest BCUT2D eigenvalue weighted by Gasteiger charge is 2.45. The monoisotopic (exact) mass is 325 g/mol. The van der Waals surface area contributed by atoms with Crippen LogP contribution in [0.3, 0.4) is 0 Å². The number of aromatic nitrogens is 1. The lowest BCUT2D eigenvalue weighted by molar-refractivity contribution is -0.0233. The van der Waals surface area contributed by atoms with Crippen LogP contribution in [0.2, 0.25) is 0 Å². The highest BCUT2D eigenvalue weighted by atomic mass is 31.2. The first-order chi connectivity index (χ1) is 9.69. The van der Waals surface area contributed by atoms with Gasteiger partial charge in [-0.15, -0.1) is 0 Å². The SMILES string of the molecule is O=c1[nH]c(=O)c(C2OC(COP(=O)(O)O)C(O)C2O)co1. The van der Waals surface area contributed by atoms with Crippen molar-refractivity contribution in [3.63, 3.8) is 0 Å². The van der Waals surface area contributed by atoms with Gasteiger partial charge in [-0.3, -0.25) is 14.3 Å². The zero-order valence-electron chi connectivity index (χ0n) is 10.3. The van der Waals surface area contributed by atoms with Gasteiger partial charge in [-0.1, -0.05) is 0 Å². The van der Waals surface area contributed by atoms with Crippen LogP contribution in [-0.2, 0) is 13.8 Å². The molecule has 0 aromatic carbocycles. The minimum Gasteiger partial charge on any atom is -0.417 e. The Hall–Kier alpha value is -1.33. The molecule has 2 rings (SSSR count). The predicted octanol–water partition coefficient (Wildman–Crippen LogP) is -2.40. The maximum atomic E-state index is 11.6. The number of ether oxygens (including phenoxy) is 1. The molecule has 0 aliphatic carbocycles. The Kier molecular flexibility index (Phi) is 4.44. The van der Waals surface area contributed by atoms with E-state index in [0.717, 1.165) is 6.26 Å². The van der Waals surface area contributed by atoms with Crippen LogP contribution in [-0.4, -0.2) is 49.9 Å². The average molecular weight is 325 g/mol. The molecule has 0 radical (unpaired) electrons. The predicted molar refractivity (Wildman–Crippen MR) is 63.2 cm³/mol. The second kappa shape index (κ2) is 5.81. The molecule has 0 bridgehead atoms. The van der Waals surface area contributed by atoms with E-state index in [1.807, 2.05) is 4.98 Å². The Morgan fingerprint density at radius 2 is 1.95 bits per heavy atom. The van der Waals surface area contributed by atoms with Crippen molar-refractivity contribution in [1.29, 1.82) is 0 Å². The van der Waals surface area contributed by atoms with Crippen molar-refractivity contribution >= 4 is 7.82 Å². The molecule has 4 unspecified atom stereocenters. The summed E-state index contributed by atoms with van der Waals surface area (Å²) in [6.07, 6.45) is -4.95. The Bertz CT molecular complexity index is 661. The van der Waals surface area contributed by atoms with Crippen LogP contribution in [0.5, 0.6) is 0 Å². The molecular formula is C9H12NO10P. The topological polar surface area (TPSA) is 180 Å². The van der Waals surface area contributed by atoms with Gasteiger partial charge in [-0.2, -0.15) is 0 Å². The number of aromatic amines is 1. The molecule has 118 valence electrons. The van der Waals surface area contributed by atoms with Gasteiger partial charge in [0.25, 0.3) is 5.56 Å². The molecule has 21 heavy (non-hydrogen) atoms. The van der Waals surface area contributed by atoms with Crippen molar-refractivity contribution in [2.24, 2.45) is 0 Å². The molecule has 1 aliphatic rings. The summed E-state index contributed by atoms with van der Waals surface area (Å²) in [7, 11) is -4.77. The van der Waals surface area contributed by atoms with Crippen molar-refractivity contribution in [1.82, 2.24) is 4.98 Å². The number of aliphatic hydroxyl groups excluding tert-OH is 2. The standard InChI is InChI=1S/C9H12NO10P/c11-5-4(2-19-21(15,16)17)20-7(6(5)12)3-1-18-9(14)10-8(3)13/h1,4-7,11-12H,2H2,(H,10,13,14)(H2,15,16,17). The van der Waals surface area contributed by atoms with Crippen molar-refractivity contribution in [3.05, 3.63) is 32.7 Å². The Morgan fingerprint density at radius 1 is 1.29 bits per heavy atom. The van der Waals surface area contributed by atoms with E-state index in [2.05, 4.69) is 8.94 Å². The fourth-order valence-corrected chi connectivity index (χ4v) is 2.22. The molecule has 0 spiro atoms. The van der Waals surface area contributed by atoms with E-state index in [-0.39, 0.29) is 5.56 Å². The zero-order chi connectivity index (χ0) is 15.8. The summed E-state index contributed by atoms with van der Waals surface area (Å²) in [5, 5.41) is 19.5. The smallest absolute Gasteiger partial charge is 0.417 e. The molecule has 4 atom stereocenters. The van der Waals surface area contributed by atoms with E-state index in [1.165, 1.54) is 0 Å². The van der Waals surface area contributed by atoms with Crippen LogP contribution in [0.25, 0.3) is 0 Å². The lowest BCUT2D eigenvalue weighted by Gasteiger charge is -2.14. The summed E-state index contributed by atoms with van der Waals surface area (Å²) in [4.78, 5) is 41.3. The van der Waals surface area contributed by atoms with Crippen molar-refractivity contribution in [2.45, 2.75) is 24.4 Å². The number of aliphatic hydroxyl groups is 2. The minimum absolute atomic E-state index is 0.250. The molecule has 12 heteroatoms. The highest BCUT2D eigenvalue weighted by molar-refractivity contribution is 7.46. The van der Waals surface area contributed by atoms with E-state index in [4.69, 9.17) is 14.5 Å². The number of hydrogen-bond acceptors (Lipinski definition) is 8. The first kappa shape index (κ1) is 16.0. The zero-order valence-corrected chi connectivity index (χ0v) is 11.2. The van der Waals surface area contributed by atoms with Gasteiger partial charge in [0, 0.05) is 0 Å². The summed E-state index contributed by atoms with van der Waals surface area (Å²) in [5.74, 6) is -1.00. The van der Waals surface area contributed by atoms with Gasteiger partial charge in [0.15, 0.2) is 0 Å². The van der Waals surface area contributed by atoms with Gasteiger partial charge in [-0.25, -0.2) is 9.36 Å². The second-order valence-corrected chi connectivity index (χ2v) is 5.53. The van der Waals surface area contributed by atoms with Crippen molar-refractivity contribution < 1.29 is 38.2 Å². The molecule has 1 aliphatic heterocycles. The lowest BCUT2D eigenvalue weighted by atomic mass is 10.0. The summed E-state index contributed by atoms with van der Waals surface area (Å²) < 4.78 is 24.3. The molecule has 1 aromatic rings. The molecule has 0 saturated carbocycles. The van der Waals surface area contributed by atoms with Crippen LogP contribution in [0.15, 0.2) is 20.3 Å². The largest absolute Gasteiger partial charge is 0.469 e. The first-order valence-electron chi connectivity index (χ1n) is 5.63. The van der Waals surface area contributed by atoms with Gasteiger partial charge < -0.3 is 29.2 Å². The van der Waals surface area contributed by atoms with Gasteiger partial charge in [0.1, 0.15) is 30.7 Å². The van der Waals surface area contributed by atoms with E-state index in [9.17, 15) is 24.4 Å². The molecule has 1 aromatic heterocycles. The number of rotatable bonds is 4. The number of H-pyrrole nitrogens is 1. The average Bonchev–Trinajstić information content (AvgIpc) is 2.64. The Balaban J connectivity index is 2.18. The maximum absolute atomic E-state index is 11.6. The molecular weight excluding hydrogens is 313 g/mol. The van der Waals surface area contributed by atoms with Crippen LogP contribution in [0.1, 0.15) is 11.7 Å². The van der Waals surface area contributed by atoms with Crippen LogP contribution in [0, 0.1) is 0 Å². The number of nitrogens with one attached hydrogen (secondary N) is 1. The van der Waals surface area contributed by atoms with Crippen molar-refractivity contribution in [2.75, 3.05) is 6.61 Å². The summed E-state index contributed by atoms with van der Waals surface area (Å²) in [5.41, 5.74) is -1.13. The third-order valence-electron chi connectivity index (χ3n) is 2.85. The fraction of sp³-hybridized carbons (Fsp3) is 0.556. The van der Waals surface area contributed by atoms with E-state index in [0.29, 0.717) is 0 Å². The normalized spacial score (nSPS) is 29.7. The molecule has 1 fully saturated rings. The Morgan fingerprint density at radius 3 is 2.52 bits per heavy atom. The van der Waals surface area contributed by atoms with Gasteiger partial charge in [-0.05, 0) is 0 Å². The molecule has 11 nitrogen and oxygen atoms in total. The lowest BCUT2D eigenvalue weighted by Crippen LogP contribution is -2.34. The fourth-order valence-electron chi connectivity index (χ4n) is 1.88. The van der Waals surface area contributed by atoms with Gasteiger partial charge >= 0.3 is 13.6 Å². The van der Waals surface area contributed by atoms with Crippen LogP contribution < -0.4 is 11.3 Å². The van der Waals surface area contributed by atoms with Crippen LogP contribution in [0.4, 0.5) is 0 Å². The van der Waals surface area contributed by atoms with Gasteiger partial charge in [0.2, 0.25) is 0 Å².